The summed E-state index contributed by atoms with van der Waals surface area (Å²) in [5.41, 5.74) is 1.92. The molecule has 108 valence electrons. The third kappa shape index (κ3) is 3.92. The van der Waals surface area contributed by atoms with Crippen molar-refractivity contribution in [1.82, 2.24) is 0 Å². The lowest BCUT2D eigenvalue weighted by molar-refractivity contribution is 0.0600. The van der Waals surface area contributed by atoms with Gasteiger partial charge in [-0.15, -0.1) is 0 Å². The van der Waals surface area contributed by atoms with Gasteiger partial charge < -0.3 is 9.47 Å². The fraction of sp³-hybridized carbons (Fsp3) is 0.125. The van der Waals surface area contributed by atoms with Gasteiger partial charge in [0.05, 0.1) is 12.7 Å². The Morgan fingerprint density at radius 1 is 1.24 bits per heavy atom. The number of benzene rings is 2. The van der Waals surface area contributed by atoms with Gasteiger partial charge in [-0.1, -0.05) is 34.1 Å². The molecule has 0 atom stereocenters. The normalized spacial score (nSPS) is 10.0. The van der Waals surface area contributed by atoms with Gasteiger partial charge in [0.15, 0.2) is 0 Å². The maximum atomic E-state index is 11.4. The van der Waals surface area contributed by atoms with Crippen LogP contribution in [0, 0.1) is 0 Å². The summed E-state index contributed by atoms with van der Waals surface area (Å²) in [6.07, 6.45) is 0.772. The van der Waals surface area contributed by atoms with E-state index >= 15 is 0 Å². The van der Waals surface area contributed by atoms with Gasteiger partial charge in [0.25, 0.3) is 0 Å². The van der Waals surface area contributed by atoms with Gasteiger partial charge in [0, 0.05) is 15.6 Å². The molecular weight excluding hydrogens is 336 g/mol. The number of ether oxygens (including phenoxy) is 2. The largest absolute Gasteiger partial charge is 0.489 e. The molecule has 2 rings (SSSR count). The second kappa shape index (κ2) is 7.04. The van der Waals surface area contributed by atoms with Crippen molar-refractivity contribution >= 4 is 28.2 Å². The van der Waals surface area contributed by atoms with Gasteiger partial charge in [-0.3, -0.25) is 4.79 Å². The molecule has 0 aliphatic rings. The van der Waals surface area contributed by atoms with Crippen molar-refractivity contribution < 1.29 is 19.1 Å². The number of halogens is 1. The van der Waals surface area contributed by atoms with Crippen molar-refractivity contribution in [1.29, 1.82) is 0 Å². The van der Waals surface area contributed by atoms with Crippen LogP contribution >= 0.6 is 15.9 Å². The van der Waals surface area contributed by atoms with E-state index < -0.39 is 0 Å². The molecule has 0 N–H and O–H groups in total. The molecule has 5 heteroatoms. The van der Waals surface area contributed by atoms with Crippen molar-refractivity contribution in [3.8, 4) is 5.75 Å². The Labute approximate surface area is 130 Å². The maximum Gasteiger partial charge on any atom is 0.337 e. The van der Waals surface area contributed by atoms with E-state index in [4.69, 9.17) is 4.74 Å². The summed E-state index contributed by atoms with van der Waals surface area (Å²) < 4.78 is 11.1. The minimum Gasteiger partial charge on any atom is -0.489 e. The summed E-state index contributed by atoms with van der Waals surface area (Å²) in [6, 6.07) is 12.1. The molecule has 0 radical (unpaired) electrons. The van der Waals surface area contributed by atoms with E-state index in [-0.39, 0.29) is 5.97 Å². The first-order valence-electron chi connectivity index (χ1n) is 6.19. The molecule has 0 fully saturated rings. The monoisotopic (exact) mass is 348 g/mol. The SMILES string of the molecule is COC(=O)c1ccc(COc2cccc(C=O)c2)c(Br)c1. The minimum absolute atomic E-state index is 0.324. The number of carbonyl (C=O) groups excluding carboxylic acids is 2. The van der Waals surface area contributed by atoms with E-state index in [0.717, 1.165) is 16.3 Å². The number of carbonyl (C=O) groups is 2. The van der Waals surface area contributed by atoms with Crippen LogP contribution in [0.3, 0.4) is 0 Å². The minimum atomic E-state index is -0.387. The van der Waals surface area contributed by atoms with Crippen molar-refractivity contribution in [3.63, 3.8) is 0 Å². The summed E-state index contributed by atoms with van der Waals surface area (Å²) in [5, 5.41) is 0. The fourth-order valence-electron chi connectivity index (χ4n) is 1.75. The number of esters is 1. The van der Waals surface area contributed by atoms with E-state index in [1.807, 2.05) is 0 Å². The number of aldehydes is 1. The summed E-state index contributed by atoms with van der Waals surface area (Å²) in [5.74, 6) is 0.227. The van der Waals surface area contributed by atoms with Crippen LogP contribution in [0.5, 0.6) is 5.75 Å². The Balaban J connectivity index is 2.09. The van der Waals surface area contributed by atoms with Crippen LogP contribution in [-0.4, -0.2) is 19.4 Å². The lowest BCUT2D eigenvalue weighted by atomic mass is 10.1. The molecule has 0 saturated carbocycles. The first-order chi connectivity index (χ1) is 10.1. The van der Waals surface area contributed by atoms with E-state index in [0.29, 0.717) is 23.5 Å². The van der Waals surface area contributed by atoms with Crippen molar-refractivity contribution in [2.45, 2.75) is 6.61 Å². The average Bonchev–Trinajstić information content (AvgIpc) is 2.53. The van der Waals surface area contributed by atoms with E-state index in [1.165, 1.54) is 7.11 Å². The van der Waals surface area contributed by atoms with Gasteiger partial charge in [-0.25, -0.2) is 4.79 Å². The molecular formula is C16H13BrO4. The third-order valence-corrected chi connectivity index (χ3v) is 3.60. The molecule has 0 amide bonds. The van der Waals surface area contributed by atoms with E-state index in [2.05, 4.69) is 20.7 Å². The van der Waals surface area contributed by atoms with Crippen molar-refractivity contribution in [3.05, 3.63) is 63.6 Å². The summed E-state index contributed by atoms with van der Waals surface area (Å²) >= 11 is 3.40. The standard InChI is InChI=1S/C16H13BrO4/c1-20-16(19)12-5-6-13(15(17)8-12)10-21-14-4-2-3-11(7-14)9-18/h2-9H,10H2,1H3. The van der Waals surface area contributed by atoms with Gasteiger partial charge in [-0.2, -0.15) is 0 Å². The zero-order valence-corrected chi connectivity index (χ0v) is 12.9. The summed E-state index contributed by atoms with van der Waals surface area (Å²) in [6.45, 7) is 0.324. The third-order valence-electron chi connectivity index (χ3n) is 2.86. The van der Waals surface area contributed by atoms with Gasteiger partial charge >= 0.3 is 5.97 Å². The van der Waals surface area contributed by atoms with Crippen LogP contribution < -0.4 is 4.74 Å². The average molecular weight is 349 g/mol. The van der Waals surface area contributed by atoms with E-state index in [1.54, 1.807) is 42.5 Å². The van der Waals surface area contributed by atoms with Crippen LogP contribution in [0.2, 0.25) is 0 Å². The molecule has 0 spiro atoms. The molecule has 0 aliphatic carbocycles. The number of hydrogen-bond acceptors (Lipinski definition) is 4. The fourth-order valence-corrected chi connectivity index (χ4v) is 2.24. The summed E-state index contributed by atoms with van der Waals surface area (Å²) in [4.78, 5) is 22.1. The second-order valence-electron chi connectivity index (χ2n) is 4.28. The zero-order valence-electron chi connectivity index (χ0n) is 11.3. The molecule has 2 aromatic carbocycles. The van der Waals surface area contributed by atoms with Crippen LogP contribution in [-0.2, 0) is 11.3 Å². The zero-order chi connectivity index (χ0) is 15.2. The topological polar surface area (TPSA) is 52.6 Å². The quantitative estimate of drug-likeness (QED) is 0.611. The second-order valence-corrected chi connectivity index (χ2v) is 5.13. The van der Waals surface area contributed by atoms with Crippen LogP contribution in [0.15, 0.2) is 46.9 Å². The van der Waals surface area contributed by atoms with Crippen LogP contribution in [0.4, 0.5) is 0 Å². The molecule has 0 heterocycles. The lowest BCUT2D eigenvalue weighted by Gasteiger charge is -2.09. The number of hydrogen-bond donors (Lipinski definition) is 0. The molecule has 4 nitrogen and oxygen atoms in total. The Bertz CT molecular complexity index is 667. The Kier molecular flexibility index (Phi) is 5.11. The molecule has 0 saturated heterocycles. The predicted octanol–water partition coefficient (Wildman–Crippen LogP) is 3.63. The Hall–Kier alpha value is -2.14. The highest BCUT2D eigenvalue weighted by molar-refractivity contribution is 9.10. The molecule has 0 aromatic heterocycles. The first-order valence-corrected chi connectivity index (χ1v) is 6.98. The van der Waals surface area contributed by atoms with Crippen LogP contribution in [0.1, 0.15) is 26.3 Å². The first kappa shape index (κ1) is 15.3. The van der Waals surface area contributed by atoms with Crippen molar-refractivity contribution in [2.75, 3.05) is 7.11 Å². The highest BCUT2D eigenvalue weighted by Crippen LogP contribution is 2.21. The maximum absolute atomic E-state index is 11.4. The molecule has 0 bridgehead atoms. The highest BCUT2D eigenvalue weighted by atomic mass is 79.9. The molecule has 2 aromatic rings. The highest BCUT2D eigenvalue weighted by Gasteiger charge is 2.09. The van der Waals surface area contributed by atoms with Gasteiger partial charge in [-0.05, 0) is 24.3 Å². The summed E-state index contributed by atoms with van der Waals surface area (Å²) in [7, 11) is 1.34. The van der Waals surface area contributed by atoms with Crippen molar-refractivity contribution in [2.24, 2.45) is 0 Å². The number of rotatable bonds is 5. The Morgan fingerprint density at radius 2 is 2.05 bits per heavy atom. The van der Waals surface area contributed by atoms with Gasteiger partial charge in [0.1, 0.15) is 18.6 Å². The molecule has 21 heavy (non-hydrogen) atoms. The van der Waals surface area contributed by atoms with Gasteiger partial charge in [0.2, 0.25) is 0 Å². The van der Waals surface area contributed by atoms with E-state index in [9.17, 15) is 9.59 Å². The number of methoxy groups -OCH3 is 1. The molecule has 0 aliphatic heterocycles. The predicted molar refractivity (Wildman–Crippen MR) is 81.6 cm³/mol. The Morgan fingerprint density at radius 3 is 2.71 bits per heavy atom. The van der Waals surface area contributed by atoms with Crippen LogP contribution in [0.25, 0.3) is 0 Å². The lowest BCUT2D eigenvalue weighted by Crippen LogP contribution is -2.03. The molecule has 0 unspecified atom stereocenters. The smallest absolute Gasteiger partial charge is 0.337 e.